The number of nitrogens with one attached hydrogen (secondary N) is 1. The lowest BCUT2D eigenvalue weighted by Gasteiger charge is -2.42. The van der Waals surface area contributed by atoms with Gasteiger partial charge in [0.05, 0.1) is 0 Å². The fourth-order valence-corrected chi connectivity index (χ4v) is 3.98. The standard InChI is InChI=1S/C19H31N3/c1-2-19-16-21(14-18-9-6-10-20-13-18)11-12-22(19)15-17-7-4-3-5-8-17/h3-5,7-8,18-20H,2,6,9-16H2,1H3. The van der Waals surface area contributed by atoms with E-state index in [-0.39, 0.29) is 0 Å². The summed E-state index contributed by atoms with van der Waals surface area (Å²) in [5, 5.41) is 3.55. The monoisotopic (exact) mass is 301 g/mol. The van der Waals surface area contributed by atoms with Crippen molar-refractivity contribution in [1.29, 1.82) is 0 Å². The lowest BCUT2D eigenvalue weighted by Crippen LogP contribution is -2.54. The molecule has 2 atom stereocenters. The Labute approximate surface area is 135 Å². The molecule has 1 aromatic rings. The van der Waals surface area contributed by atoms with Crippen molar-refractivity contribution in [3.8, 4) is 0 Å². The van der Waals surface area contributed by atoms with E-state index in [0.29, 0.717) is 6.04 Å². The van der Waals surface area contributed by atoms with E-state index >= 15 is 0 Å². The van der Waals surface area contributed by atoms with Gasteiger partial charge in [-0.2, -0.15) is 0 Å². The highest BCUT2D eigenvalue weighted by Crippen LogP contribution is 2.19. The van der Waals surface area contributed by atoms with Gasteiger partial charge >= 0.3 is 0 Å². The molecule has 0 amide bonds. The summed E-state index contributed by atoms with van der Waals surface area (Å²) in [7, 11) is 0. The predicted octanol–water partition coefficient (Wildman–Crippen LogP) is 2.58. The molecule has 0 radical (unpaired) electrons. The average molecular weight is 301 g/mol. The van der Waals surface area contributed by atoms with Crippen LogP contribution in [0.15, 0.2) is 30.3 Å². The molecule has 0 aromatic heterocycles. The zero-order valence-corrected chi connectivity index (χ0v) is 14.0. The molecule has 0 spiro atoms. The molecule has 0 bridgehead atoms. The molecule has 0 saturated carbocycles. The molecule has 2 fully saturated rings. The van der Waals surface area contributed by atoms with Crippen LogP contribution < -0.4 is 5.32 Å². The molecule has 1 aromatic carbocycles. The molecule has 2 aliphatic rings. The van der Waals surface area contributed by atoms with Crippen LogP contribution in [0.1, 0.15) is 31.7 Å². The van der Waals surface area contributed by atoms with E-state index in [0.717, 1.165) is 12.5 Å². The van der Waals surface area contributed by atoms with Crippen LogP contribution in [-0.4, -0.2) is 55.1 Å². The van der Waals surface area contributed by atoms with Crippen LogP contribution in [0.2, 0.25) is 0 Å². The number of hydrogen-bond donors (Lipinski definition) is 1. The Bertz CT molecular complexity index is 428. The third-order valence-corrected chi connectivity index (χ3v) is 5.30. The fraction of sp³-hybridized carbons (Fsp3) is 0.684. The van der Waals surface area contributed by atoms with Gasteiger partial charge in [-0.15, -0.1) is 0 Å². The van der Waals surface area contributed by atoms with E-state index in [2.05, 4.69) is 52.4 Å². The van der Waals surface area contributed by atoms with Gasteiger partial charge in [0.15, 0.2) is 0 Å². The van der Waals surface area contributed by atoms with Gasteiger partial charge in [0.1, 0.15) is 0 Å². The highest BCUT2D eigenvalue weighted by Gasteiger charge is 2.27. The van der Waals surface area contributed by atoms with Crippen molar-refractivity contribution in [3.63, 3.8) is 0 Å². The summed E-state index contributed by atoms with van der Waals surface area (Å²) < 4.78 is 0. The maximum absolute atomic E-state index is 3.55. The molecule has 3 rings (SSSR count). The smallest absolute Gasteiger partial charge is 0.0237 e. The van der Waals surface area contributed by atoms with Crippen LogP contribution in [-0.2, 0) is 6.54 Å². The molecule has 3 heteroatoms. The van der Waals surface area contributed by atoms with E-state index in [9.17, 15) is 0 Å². The molecule has 2 heterocycles. The summed E-state index contributed by atoms with van der Waals surface area (Å²) in [5.74, 6) is 0.868. The van der Waals surface area contributed by atoms with Crippen molar-refractivity contribution in [1.82, 2.24) is 15.1 Å². The molecule has 3 nitrogen and oxygen atoms in total. The Balaban J connectivity index is 1.52. The molecule has 2 unspecified atom stereocenters. The minimum absolute atomic E-state index is 0.713. The minimum atomic E-state index is 0.713. The van der Waals surface area contributed by atoms with E-state index in [4.69, 9.17) is 0 Å². The molecule has 22 heavy (non-hydrogen) atoms. The van der Waals surface area contributed by atoms with E-state index < -0.39 is 0 Å². The van der Waals surface area contributed by atoms with Crippen molar-refractivity contribution in [2.24, 2.45) is 5.92 Å². The summed E-state index contributed by atoms with van der Waals surface area (Å²) in [6, 6.07) is 11.6. The predicted molar refractivity (Wildman–Crippen MR) is 93.0 cm³/mol. The second-order valence-electron chi connectivity index (χ2n) is 6.99. The lowest BCUT2D eigenvalue weighted by molar-refractivity contribution is 0.0546. The van der Waals surface area contributed by atoms with Crippen LogP contribution in [0, 0.1) is 5.92 Å². The summed E-state index contributed by atoms with van der Waals surface area (Å²) >= 11 is 0. The van der Waals surface area contributed by atoms with Gasteiger partial charge in [-0.05, 0) is 43.8 Å². The van der Waals surface area contributed by atoms with Crippen LogP contribution in [0.4, 0.5) is 0 Å². The highest BCUT2D eigenvalue weighted by atomic mass is 15.3. The number of piperazine rings is 1. The van der Waals surface area contributed by atoms with Crippen molar-refractivity contribution in [2.45, 2.75) is 38.8 Å². The Hall–Kier alpha value is -0.900. The van der Waals surface area contributed by atoms with Crippen molar-refractivity contribution >= 4 is 0 Å². The van der Waals surface area contributed by atoms with E-state index in [1.807, 2.05) is 0 Å². The molecule has 0 aliphatic carbocycles. The Morgan fingerprint density at radius 3 is 2.77 bits per heavy atom. The first-order valence-electron chi connectivity index (χ1n) is 9.06. The second kappa shape index (κ2) is 8.09. The largest absolute Gasteiger partial charge is 0.316 e. The molecule has 2 aliphatic heterocycles. The van der Waals surface area contributed by atoms with E-state index in [1.54, 1.807) is 0 Å². The molecular formula is C19H31N3. The van der Waals surface area contributed by atoms with Gasteiger partial charge in [0, 0.05) is 38.8 Å². The SMILES string of the molecule is CCC1CN(CC2CCCNC2)CCN1Cc1ccccc1. The third kappa shape index (κ3) is 4.31. The molecule has 122 valence electrons. The normalized spacial score (nSPS) is 27.9. The van der Waals surface area contributed by atoms with Crippen LogP contribution in [0.3, 0.4) is 0 Å². The zero-order chi connectivity index (χ0) is 15.2. The van der Waals surface area contributed by atoms with Gasteiger partial charge in [0.2, 0.25) is 0 Å². The first-order chi connectivity index (χ1) is 10.8. The zero-order valence-electron chi connectivity index (χ0n) is 14.0. The fourth-order valence-electron chi connectivity index (χ4n) is 3.98. The third-order valence-electron chi connectivity index (χ3n) is 5.30. The summed E-state index contributed by atoms with van der Waals surface area (Å²) in [6.45, 7) is 10.9. The first-order valence-corrected chi connectivity index (χ1v) is 9.06. The maximum Gasteiger partial charge on any atom is 0.0237 e. The minimum Gasteiger partial charge on any atom is -0.316 e. The number of nitrogens with zero attached hydrogens (tertiary/aromatic N) is 2. The number of hydrogen-bond acceptors (Lipinski definition) is 3. The average Bonchev–Trinajstić information content (AvgIpc) is 2.58. The Morgan fingerprint density at radius 1 is 1.18 bits per heavy atom. The summed E-state index contributed by atoms with van der Waals surface area (Å²) in [4.78, 5) is 5.40. The highest BCUT2D eigenvalue weighted by molar-refractivity contribution is 5.14. The van der Waals surface area contributed by atoms with Crippen molar-refractivity contribution < 1.29 is 0 Å². The molecule has 1 N–H and O–H groups in total. The topological polar surface area (TPSA) is 18.5 Å². The first kappa shape index (κ1) is 16.0. The number of piperidine rings is 1. The summed E-state index contributed by atoms with van der Waals surface area (Å²) in [5.41, 5.74) is 1.45. The van der Waals surface area contributed by atoms with Crippen LogP contribution >= 0.6 is 0 Å². The maximum atomic E-state index is 3.55. The van der Waals surface area contributed by atoms with Gasteiger partial charge in [-0.1, -0.05) is 37.3 Å². The quantitative estimate of drug-likeness (QED) is 0.902. The van der Waals surface area contributed by atoms with Crippen LogP contribution in [0.25, 0.3) is 0 Å². The van der Waals surface area contributed by atoms with Crippen molar-refractivity contribution in [3.05, 3.63) is 35.9 Å². The van der Waals surface area contributed by atoms with Gasteiger partial charge in [-0.25, -0.2) is 0 Å². The van der Waals surface area contributed by atoms with Crippen LogP contribution in [0.5, 0.6) is 0 Å². The second-order valence-corrected chi connectivity index (χ2v) is 6.99. The Morgan fingerprint density at radius 2 is 2.05 bits per heavy atom. The summed E-state index contributed by atoms with van der Waals surface area (Å²) in [6.07, 6.45) is 4.02. The Kier molecular flexibility index (Phi) is 5.88. The molecule has 2 saturated heterocycles. The molecular weight excluding hydrogens is 270 g/mol. The van der Waals surface area contributed by atoms with E-state index in [1.165, 1.54) is 64.1 Å². The number of benzene rings is 1. The van der Waals surface area contributed by atoms with Gasteiger partial charge in [0.25, 0.3) is 0 Å². The number of rotatable bonds is 5. The van der Waals surface area contributed by atoms with Gasteiger partial charge in [-0.3, -0.25) is 4.90 Å². The van der Waals surface area contributed by atoms with Crippen molar-refractivity contribution in [2.75, 3.05) is 39.3 Å². The van der Waals surface area contributed by atoms with Gasteiger partial charge < -0.3 is 10.2 Å². The lowest BCUT2D eigenvalue weighted by atomic mass is 9.98.